The molecule has 0 aliphatic carbocycles. The van der Waals surface area contributed by atoms with Crippen LogP contribution in [0.15, 0.2) is 42.5 Å². The van der Waals surface area contributed by atoms with Crippen LogP contribution in [0.2, 0.25) is 0 Å². The first-order chi connectivity index (χ1) is 13.3. The van der Waals surface area contributed by atoms with Gasteiger partial charge in [0.25, 0.3) is 0 Å². The zero-order valence-electron chi connectivity index (χ0n) is 14.7. The van der Waals surface area contributed by atoms with Gasteiger partial charge in [0.2, 0.25) is 0 Å². The SMILES string of the molecule is CCOC(=O)c1nc2ccc(C(F)(F)F)cc2nc1NCc1cccc(F)c1. The van der Waals surface area contributed by atoms with Crippen LogP contribution in [-0.2, 0) is 17.5 Å². The Labute approximate surface area is 157 Å². The number of anilines is 1. The van der Waals surface area contributed by atoms with Crippen LogP contribution in [0.3, 0.4) is 0 Å². The molecule has 9 heteroatoms. The normalized spacial score (nSPS) is 11.5. The molecular formula is C19H15F4N3O2. The first-order valence-corrected chi connectivity index (χ1v) is 8.32. The van der Waals surface area contributed by atoms with Crippen LogP contribution >= 0.6 is 0 Å². The lowest BCUT2D eigenvalue weighted by Crippen LogP contribution is -2.14. The molecule has 146 valence electrons. The maximum atomic E-state index is 13.3. The average molecular weight is 393 g/mol. The Morgan fingerprint density at radius 3 is 2.57 bits per heavy atom. The summed E-state index contributed by atoms with van der Waals surface area (Å²) >= 11 is 0. The van der Waals surface area contributed by atoms with Crippen molar-refractivity contribution in [3.05, 3.63) is 65.1 Å². The highest BCUT2D eigenvalue weighted by Crippen LogP contribution is 2.31. The van der Waals surface area contributed by atoms with Crippen molar-refractivity contribution in [2.24, 2.45) is 0 Å². The number of aromatic nitrogens is 2. The lowest BCUT2D eigenvalue weighted by molar-refractivity contribution is -0.137. The Balaban J connectivity index is 2.02. The number of esters is 1. The van der Waals surface area contributed by atoms with Crippen molar-refractivity contribution in [3.8, 4) is 0 Å². The Kier molecular flexibility index (Phi) is 5.43. The molecule has 5 nitrogen and oxygen atoms in total. The number of rotatable bonds is 5. The fourth-order valence-corrected chi connectivity index (χ4v) is 2.53. The first-order valence-electron chi connectivity index (χ1n) is 8.32. The molecule has 28 heavy (non-hydrogen) atoms. The van der Waals surface area contributed by atoms with Crippen molar-refractivity contribution in [3.63, 3.8) is 0 Å². The number of nitrogens with one attached hydrogen (secondary N) is 1. The van der Waals surface area contributed by atoms with Crippen LogP contribution in [0.5, 0.6) is 0 Å². The number of carbonyl (C=O) groups is 1. The summed E-state index contributed by atoms with van der Waals surface area (Å²) in [5, 5.41) is 2.82. The zero-order chi connectivity index (χ0) is 20.3. The number of ether oxygens (including phenoxy) is 1. The third-order valence-corrected chi connectivity index (χ3v) is 3.81. The standard InChI is InChI=1S/C19H15F4N3O2/c1-2-28-18(27)16-17(24-10-11-4-3-5-13(20)8-11)26-15-9-12(19(21,22)23)6-7-14(15)25-16/h3-9H,2,10H2,1H3,(H,24,26). The zero-order valence-corrected chi connectivity index (χ0v) is 14.7. The van der Waals surface area contributed by atoms with Gasteiger partial charge in [-0.25, -0.2) is 19.2 Å². The summed E-state index contributed by atoms with van der Waals surface area (Å²) in [6, 6.07) is 8.59. The third-order valence-electron chi connectivity index (χ3n) is 3.81. The quantitative estimate of drug-likeness (QED) is 0.508. The van der Waals surface area contributed by atoms with E-state index in [-0.39, 0.29) is 35.7 Å². The first kappa shape index (κ1) is 19.5. The van der Waals surface area contributed by atoms with Crippen LogP contribution in [0.25, 0.3) is 11.0 Å². The largest absolute Gasteiger partial charge is 0.461 e. The minimum Gasteiger partial charge on any atom is -0.461 e. The van der Waals surface area contributed by atoms with E-state index < -0.39 is 23.5 Å². The molecule has 0 saturated carbocycles. The van der Waals surface area contributed by atoms with Crippen LogP contribution in [0.1, 0.15) is 28.5 Å². The summed E-state index contributed by atoms with van der Waals surface area (Å²) in [7, 11) is 0. The van der Waals surface area contributed by atoms with Crippen molar-refractivity contribution in [1.82, 2.24) is 9.97 Å². The van der Waals surface area contributed by atoms with E-state index >= 15 is 0 Å². The van der Waals surface area contributed by atoms with Gasteiger partial charge in [-0.3, -0.25) is 0 Å². The molecular weight excluding hydrogens is 378 g/mol. The minimum atomic E-state index is -4.54. The molecule has 0 amide bonds. The second-order valence-electron chi connectivity index (χ2n) is 5.83. The van der Waals surface area contributed by atoms with Gasteiger partial charge in [-0.05, 0) is 42.8 Å². The monoisotopic (exact) mass is 393 g/mol. The smallest absolute Gasteiger partial charge is 0.416 e. The molecule has 2 aromatic carbocycles. The Morgan fingerprint density at radius 1 is 1.11 bits per heavy atom. The number of carbonyl (C=O) groups excluding carboxylic acids is 1. The third kappa shape index (κ3) is 4.36. The van der Waals surface area contributed by atoms with E-state index in [0.717, 1.165) is 18.2 Å². The molecule has 1 aromatic heterocycles. The van der Waals surface area contributed by atoms with Crippen molar-refractivity contribution in [2.75, 3.05) is 11.9 Å². The molecule has 0 unspecified atom stereocenters. The second-order valence-corrected chi connectivity index (χ2v) is 5.83. The van der Waals surface area contributed by atoms with Gasteiger partial charge in [-0.2, -0.15) is 13.2 Å². The van der Waals surface area contributed by atoms with E-state index in [0.29, 0.717) is 5.56 Å². The lowest BCUT2D eigenvalue weighted by Gasteiger charge is -2.12. The van der Waals surface area contributed by atoms with E-state index in [1.807, 2.05) is 0 Å². The molecule has 0 atom stereocenters. The summed E-state index contributed by atoms with van der Waals surface area (Å²) < 4.78 is 57.1. The fourth-order valence-electron chi connectivity index (χ4n) is 2.53. The van der Waals surface area contributed by atoms with Gasteiger partial charge in [-0.1, -0.05) is 12.1 Å². The van der Waals surface area contributed by atoms with Crippen LogP contribution in [0, 0.1) is 5.82 Å². The topological polar surface area (TPSA) is 64.1 Å². The maximum Gasteiger partial charge on any atom is 0.416 e. The molecule has 0 spiro atoms. The number of alkyl halides is 3. The van der Waals surface area contributed by atoms with Crippen molar-refractivity contribution in [2.45, 2.75) is 19.6 Å². The summed E-state index contributed by atoms with van der Waals surface area (Å²) in [6.07, 6.45) is -4.54. The predicted molar refractivity (Wildman–Crippen MR) is 94.2 cm³/mol. The summed E-state index contributed by atoms with van der Waals surface area (Å²) in [4.78, 5) is 20.4. The highest BCUT2D eigenvalue weighted by Gasteiger charge is 2.31. The van der Waals surface area contributed by atoms with Gasteiger partial charge >= 0.3 is 12.1 Å². The fraction of sp³-hybridized carbons (Fsp3) is 0.211. The highest BCUT2D eigenvalue weighted by atomic mass is 19.4. The minimum absolute atomic E-state index is 0.0374. The van der Waals surface area contributed by atoms with Crippen LogP contribution in [-0.4, -0.2) is 22.5 Å². The Bertz CT molecular complexity index is 1020. The average Bonchev–Trinajstić information content (AvgIpc) is 2.64. The Morgan fingerprint density at radius 2 is 1.89 bits per heavy atom. The molecule has 3 rings (SSSR count). The van der Waals surface area contributed by atoms with Gasteiger partial charge < -0.3 is 10.1 Å². The number of benzene rings is 2. The summed E-state index contributed by atoms with van der Waals surface area (Å²) in [5.74, 6) is -1.25. The number of hydrogen-bond acceptors (Lipinski definition) is 5. The molecule has 0 aliphatic heterocycles. The summed E-state index contributed by atoms with van der Waals surface area (Å²) in [6.45, 7) is 1.79. The summed E-state index contributed by atoms with van der Waals surface area (Å²) in [5.41, 5.74) is -0.405. The maximum absolute atomic E-state index is 13.3. The van der Waals surface area contributed by atoms with E-state index in [1.54, 1.807) is 13.0 Å². The number of nitrogens with zero attached hydrogens (tertiary/aromatic N) is 2. The number of fused-ring (bicyclic) bond motifs is 1. The molecule has 1 heterocycles. The Hall–Kier alpha value is -3.23. The van der Waals surface area contributed by atoms with E-state index in [2.05, 4.69) is 15.3 Å². The molecule has 0 saturated heterocycles. The number of halogens is 4. The van der Waals surface area contributed by atoms with Gasteiger partial charge in [-0.15, -0.1) is 0 Å². The van der Waals surface area contributed by atoms with E-state index in [9.17, 15) is 22.4 Å². The van der Waals surface area contributed by atoms with E-state index in [1.165, 1.54) is 18.2 Å². The van der Waals surface area contributed by atoms with Crippen molar-refractivity contribution in [1.29, 1.82) is 0 Å². The molecule has 0 bridgehead atoms. The van der Waals surface area contributed by atoms with Gasteiger partial charge in [0, 0.05) is 6.54 Å². The second kappa shape index (κ2) is 7.79. The molecule has 0 aliphatic rings. The lowest BCUT2D eigenvalue weighted by atomic mass is 10.2. The van der Waals surface area contributed by atoms with Gasteiger partial charge in [0.1, 0.15) is 5.82 Å². The van der Waals surface area contributed by atoms with Crippen molar-refractivity contribution >= 4 is 22.8 Å². The van der Waals surface area contributed by atoms with Crippen LogP contribution < -0.4 is 5.32 Å². The molecule has 3 aromatic rings. The van der Waals surface area contributed by atoms with Crippen LogP contribution in [0.4, 0.5) is 23.4 Å². The van der Waals surface area contributed by atoms with Crippen molar-refractivity contribution < 1.29 is 27.1 Å². The molecule has 0 radical (unpaired) electrons. The van der Waals surface area contributed by atoms with E-state index in [4.69, 9.17) is 4.74 Å². The molecule has 0 fully saturated rings. The predicted octanol–water partition coefficient (Wildman–Crippen LogP) is 4.58. The molecule has 1 N–H and O–H groups in total. The number of hydrogen-bond donors (Lipinski definition) is 1. The van der Waals surface area contributed by atoms with Gasteiger partial charge in [0.15, 0.2) is 11.5 Å². The highest BCUT2D eigenvalue weighted by molar-refractivity contribution is 5.95. The van der Waals surface area contributed by atoms with Gasteiger partial charge in [0.05, 0.1) is 23.2 Å².